The Morgan fingerprint density at radius 2 is 1.82 bits per heavy atom. The number of aromatic nitrogens is 4. The van der Waals surface area contributed by atoms with E-state index in [0.717, 1.165) is 19.4 Å². The molecule has 2 aromatic heterocycles. The highest BCUT2D eigenvalue weighted by atomic mass is 32.2. The Bertz CT molecular complexity index is 1950. The first-order valence-electron chi connectivity index (χ1n) is 13.0. The molecule has 0 spiro atoms. The number of sulfonamides is 1. The number of hydrogen-bond donors (Lipinski definition) is 3. The van der Waals surface area contributed by atoms with E-state index in [2.05, 4.69) is 14.8 Å². The minimum atomic E-state index is -3.86. The summed E-state index contributed by atoms with van der Waals surface area (Å²) in [4.78, 5) is 50.5. The third kappa shape index (κ3) is 7.35. The molecule has 17 heteroatoms. The predicted molar refractivity (Wildman–Crippen MR) is 159 cm³/mol. The van der Waals surface area contributed by atoms with E-state index in [1.165, 1.54) is 38.1 Å². The van der Waals surface area contributed by atoms with Crippen molar-refractivity contribution < 1.29 is 32.4 Å². The molecule has 0 radical (unpaired) electrons. The number of aliphatic hydroxyl groups excluding tert-OH is 1. The van der Waals surface area contributed by atoms with Gasteiger partial charge in [0.25, 0.3) is 11.2 Å². The van der Waals surface area contributed by atoms with Gasteiger partial charge in [-0.25, -0.2) is 27.2 Å². The van der Waals surface area contributed by atoms with Gasteiger partial charge in [-0.1, -0.05) is 6.07 Å². The number of fused-ring (bicyclic) bond motifs is 1. The number of H-pyrrole nitrogens is 1. The van der Waals surface area contributed by atoms with Crippen molar-refractivity contribution in [1.29, 1.82) is 0 Å². The van der Waals surface area contributed by atoms with E-state index in [0.29, 0.717) is 21.5 Å². The molecule has 0 amide bonds. The van der Waals surface area contributed by atoms with Crippen LogP contribution in [0, 0.1) is 10.1 Å². The first-order chi connectivity index (χ1) is 20.5. The van der Waals surface area contributed by atoms with Gasteiger partial charge in [0.1, 0.15) is 11.7 Å². The number of carbonyl (C=O) groups is 1. The maximum Gasteiger partial charge on any atom is 0.348 e. The topological polar surface area (TPSA) is 209 Å². The number of rotatable bonds is 8. The highest BCUT2D eigenvalue weighted by molar-refractivity contribution is 7.91. The summed E-state index contributed by atoms with van der Waals surface area (Å²) < 4.78 is 43.8. The van der Waals surface area contributed by atoms with Gasteiger partial charge in [0.05, 0.1) is 41.0 Å². The van der Waals surface area contributed by atoms with E-state index in [4.69, 9.17) is 0 Å². The highest BCUT2D eigenvalue weighted by Crippen LogP contribution is 2.33. The molecule has 2 atom stereocenters. The second kappa shape index (κ2) is 13.2. The van der Waals surface area contributed by atoms with E-state index < -0.39 is 44.4 Å². The number of benzene rings is 2. The average Bonchev–Trinajstić information content (AvgIpc) is 3.44. The van der Waals surface area contributed by atoms with Crippen LogP contribution in [0.4, 0.5) is 10.1 Å². The number of aromatic amines is 1. The molecule has 4 rings (SSSR count). The average molecular weight is 635 g/mol. The molecule has 0 aliphatic heterocycles. The molecular formula is C27H31FN6O9S. The zero-order valence-corrected chi connectivity index (χ0v) is 25.4. The summed E-state index contributed by atoms with van der Waals surface area (Å²) in [5, 5.41) is 24.3. The molecule has 4 aromatic rings. The van der Waals surface area contributed by atoms with Gasteiger partial charge >= 0.3 is 11.7 Å². The Morgan fingerprint density at radius 1 is 1.16 bits per heavy atom. The number of halogens is 1. The number of aliphatic hydroxyl groups is 1. The van der Waals surface area contributed by atoms with Crippen LogP contribution in [-0.2, 0) is 14.8 Å². The Balaban J connectivity index is 0.000000281. The molecule has 3 N–H and O–H groups in total. The fraction of sp³-hybridized carbons (Fsp3) is 0.333. The van der Waals surface area contributed by atoms with E-state index in [1.807, 2.05) is 18.7 Å². The van der Waals surface area contributed by atoms with Gasteiger partial charge in [0, 0.05) is 23.9 Å². The van der Waals surface area contributed by atoms with Crippen molar-refractivity contribution in [1.82, 2.24) is 19.4 Å². The van der Waals surface area contributed by atoms with Gasteiger partial charge in [-0.2, -0.15) is 9.77 Å². The van der Waals surface area contributed by atoms with Gasteiger partial charge < -0.3 is 14.8 Å². The maximum atomic E-state index is 14.4. The molecule has 0 aliphatic carbocycles. The van der Waals surface area contributed by atoms with Crippen molar-refractivity contribution in [3.8, 4) is 11.3 Å². The van der Waals surface area contributed by atoms with Crippen LogP contribution in [0.3, 0.4) is 0 Å². The molecule has 0 saturated heterocycles. The zero-order valence-electron chi connectivity index (χ0n) is 24.6. The predicted octanol–water partition coefficient (Wildman–Crippen LogP) is 3.10. The van der Waals surface area contributed by atoms with Crippen LogP contribution in [0.1, 0.15) is 67.5 Å². The SMILES string of the molecule is CC(F)c1cc2[nH]c(=O)n(NS(C)(=O)=O)c(=O)c2cc1-c1ccnn1C(C)C.COC(=O)c1ccc(C(C)O)cc1[N+](=O)[O-]. The van der Waals surface area contributed by atoms with Gasteiger partial charge in [-0.3, -0.25) is 19.6 Å². The summed E-state index contributed by atoms with van der Waals surface area (Å²) in [5.74, 6) is -0.774. The van der Waals surface area contributed by atoms with Crippen LogP contribution < -0.4 is 16.1 Å². The second-order valence-corrected chi connectivity index (χ2v) is 11.7. The number of esters is 1. The normalized spacial score (nSPS) is 12.8. The van der Waals surface area contributed by atoms with Crippen LogP contribution in [0.5, 0.6) is 0 Å². The van der Waals surface area contributed by atoms with Gasteiger partial charge in [-0.15, -0.1) is 0 Å². The smallest absolute Gasteiger partial charge is 0.348 e. The summed E-state index contributed by atoms with van der Waals surface area (Å²) in [6.07, 6.45) is 0.187. The Hall–Kier alpha value is -4.90. The van der Waals surface area contributed by atoms with E-state index in [1.54, 1.807) is 16.9 Å². The quantitative estimate of drug-likeness (QED) is 0.146. The van der Waals surface area contributed by atoms with Crippen molar-refractivity contribution in [2.45, 2.75) is 46.0 Å². The van der Waals surface area contributed by atoms with Crippen molar-refractivity contribution in [3.05, 3.63) is 90.2 Å². The molecule has 2 unspecified atom stereocenters. The Morgan fingerprint density at radius 3 is 2.34 bits per heavy atom. The molecular weight excluding hydrogens is 603 g/mol. The van der Waals surface area contributed by atoms with Crippen LogP contribution >= 0.6 is 0 Å². The zero-order chi connectivity index (χ0) is 33.1. The lowest BCUT2D eigenvalue weighted by molar-refractivity contribution is -0.385. The molecule has 0 fully saturated rings. The monoisotopic (exact) mass is 634 g/mol. The second-order valence-electron chi connectivity index (χ2n) is 9.99. The minimum absolute atomic E-state index is 0.0115. The van der Waals surface area contributed by atoms with Crippen molar-refractivity contribution in [3.63, 3.8) is 0 Å². The van der Waals surface area contributed by atoms with E-state index in [9.17, 15) is 42.4 Å². The molecule has 15 nitrogen and oxygen atoms in total. The van der Waals surface area contributed by atoms with Crippen LogP contribution in [0.15, 0.2) is 52.2 Å². The Kier molecular flexibility index (Phi) is 10.1. The van der Waals surface area contributed by atoms with E-state index >= 15 is 0 Å². The molecule has 2 aromatic carbocycles. The number of methoxy groups -OCH3 is 1. The van der Waals surface area contributed by atoms with Gasteiger partial charge in [0.15, 0.2) is 0 Å². The first kappa shape index (κ1) is 33.6. The van der Waals surface area contributed by atoms with Crippen LogP contribution in [-0.4, -0.2) is 57.2 Å². The lowest BCUT2D eigenvalue weighted by Gasteiger charge is -2.16. The number of hydrogen-bond acceptors (Lipinski definition) is 10. The number of nitrogens with zero attached hydrogens (tertiary/aromatic N) is 4. The highest BCUT2D eigenvalue weighted by Gasteiger charge is 2.22. The van der Waals surface area contributed by atoms with Crippen molar-refractivity contribution in [2.75, 3.05) is 18.2 Å². The summed E-state index contributed by atoms with van der Waals surface area (Å²) in [5.41, 5.74) is -0.534. The Labute approximate surface area is 250 Å². The molecule has 0 aliphatic rings. The minimum Gasteiger partial charge on any atom is -0.465 e. The number of nitrogens with one attached hydrogen (secondary N) is 2. The van der Waals surface area contributed by atoms with Gasteiger partial charge in [-0.05, 0) is 63.1 Å². The van der Waals surface area contributed by atoms with Crippen molar-refractivity contribution in [2.24, 2.45) is 0 Å². The fourth-order valence-electron chi connectivity index (χ4n) is 4.26. The molecule has 0 saturated carbocycles. The molecule has 236 valence electrons. The molecule has 44 heavy (non-hydrogen) atoms. The van der Waals surface area contributed by atoms with E-state index in [-0.39, 0.29) is 33.8 Å². The van der Waals surface area contributed by atoms with Crippen LogP contribution in [0.2, 0.25) is 0 Å². The fourth-order valence-corrected chi connectivity index (χ4v) is 4.76. The number of nitro groups is 1. The number of carbonyl (C=O) groups excluding carboxylic acids is 1. The summed E-state index contributed by atoms with van der Waals surface area (Å²) in [6.45, 7) is 6.66. The number of nitro benzene ring substituents is 1. The maximum absolute atomic E-state index is 14.4. The molecule has 2 heterocycles. The van der Waals surface area contributed by atoms with Crippen molar-refractivity contribution >= 4 is 32.6 Å². The summed E-state index contributed by atoms with van der Waals surface area (Å²) in [6, 6.07) is 8.40. The van der Waals surface area contributed by atoms with Crippen LogP contribution in [0.25, 0.3) is 22.2 Å². The summed E-state index contributed by atoms with van der Waals surface area (Å²) >= 11 is 0. The molecule has 0 bridgehead atoms. The number of ether oxygens (including phenoxy) is 1. The summed E-state index contributed by atoms with van der Waals surface area (Å²) in [7, 11) is -2.72. The lowest BCUT2D eigenvalue weighted by Crippen LogP contribution is -2.43. The number of alkyl halides is 1. The lowest BCUT2D eigenvalue weighted by atomic mass is 9.98. The third-order valence-electron chi connectivity index (χ3n) is 6.30. The largest absolute Gasteiger partial charge is 0.465 e. The first-order valence-corrected chi connectivity index (χ1v) is 14.9. The van der Waals surface area contributed by atoms with Gasteiger partial charge in [0.2, 0.25) is 10.0 Å². The standard InChI is InChI=1S/C17H20FN5O4S.C10H11NO5/c1-9(2)22-15(5-6-19-22)12-7-13-14(8-11(12)10(3)18)20-17(25)23(16(13)24)21-28(4,26)27;1-6(12)7-3-4-8(10(13)16-2)9(5-7)11(14)15/h5-10,21H,1-4H3,(H,20,25);3-6,12H,1-2H3. The third-order valence-corrected chi connectivity index (χ3v) is 6.81.